The van der Waals surface area contributed by atoms with E-state index in [2.05, 4.69) is 32.6 Å². The van der Waals surface area contributed by atoms with Gasteiger partial charge in [0, 0.05) is 17.4 Å². The van der Waals surface area contributed by atoms with E-state index in [-0.39, 0.29) is 6.10 Å². The molecule has 0 spiro atoms. The van der Waals surface area contributed by atoms with Gasteiger partial charge < -0.3 is 4.74 Å². The van der Waals surface area contributed by atoms with Crippen LogP contribution in [0.3, 0.4) is 0 Å². The molecule has 2 heterocycles. The van der Waals surface area contributed by atoms with E-state index >= 15 is 0 Å². The lowest BCUT2D eigenvalue weighted by molar-refractivity contribution is 0.0692. The van der Waals surface area contributed by atoms with Crippen LogP contribution in [0.5, 0.6) is 0 Å². The molecule has 0 N–H and O–H groups in total. The number of thioether (sulfide) groups is 1. The molecule has 1 unspecified atom stereocenters. The smallest absolute Gasteiger partial charge is 0.160 e. The van der Waals surface area contributed by atoms with E-state index in [0.29, 0.717) is 11.1 Å². The van der Waals surface area contributed by atoms with E-state index in [9.17, 15) is 0 Å². The van der Waals surface area contributed by atoms with E-state index < -0.39 is 0 Å². The van der Waals surface area contributed by atoms with Gasteiger partial charge in [-0.3, -0.25) is 0 Å². The zero-order valence-corrected chi connectivity index (χ0v) is 12.9. The quantitative estimate of drug-likeness (QED) is 0.580. The highest BCUT2D eigenvalue weighted by atomic mass is 127. The summed E-state index contributed by atoms with van der Waals surface area (Å²) in [5.74, 6) is 3.35. The van der Waals surface area contributed by atoms with Crippen LogP contribution >= 0.6 is 46.0 Å². The Morgan fingerprint density at radius 1 is 1.35 bits per heavy atom. The number of aromatic nitrogens is 2. The lowest BCUT2D eigenvalue weighted by Crippen LogP contribution is -2.19. The van der Waals surface area contributed by atoms with Gasteiger partial charge in [0.1, 0.15) is 11.3 Å². The zero-order valence-electron chi connectivity index (χ0n) is 9.16. The highest BCUT2D eigenvalue weighted by Gasteiger charge is 2.30. The third-order valence-electron chi connectivity index (χ3n) is 2.92. The Labute approximate surface area is 123 Å². The van der Waals surface area contributed by atoms with E-state index in [0.717, 1.165) is 33.2 Å². The zero-order chi connectivity index (χ0) is 11.8. The van der Waals surface area contributed by atoms with Crippen LogP contribution in [-0.2, 0) is 4.74 Å². The van der Waals surface area contributed by atoms with Gasteiger partial charge in [-0.1, -0.05) is 11.6 Å². The van der Waals surface area contributed by atoms with E-state index in [1.165, 1.54) is 12.8 Å². The second-order valence-corrected chi connectivity index (χ2v) is 6.87. The van der Waals surface area contributed by atoms with Crippen molar-refractivity contribution in [3.63, 3.8) is 0 Å². The highest BCUT2D eigenvalue weighted by molar-refractivity contribution is 14.1. The van der Waals surface area contributed by atoms with Crippen molar-refractivity contribution in [2.75, 3.05) is 18.1 Å². The average Bonchev–Trinajstić information content (AvgIpc) is 3.18. The maximum atomic E-state index is 6.19. The Bertz CT molecular complexity index is 436. The van der Waals surface area contributed by atoms with Gasteiger partial charge in [-0.15, -0.1) is 0 Å². The number of nitrogens with zero attached hydrogens (tertiary/aromatic N) is 2. The molecule has 92 valence electrons. The van der Waals surface area contributed by atoms with Gasteiger partial charge in [-0.05, 0) is 35.4 Å². The third kappa shape index (κ3) is 2.72. The van der Waals surface area contributed by atoms with Crippen LogP contribution in [0.4, 0.5) is 0 Å². The normalized spacial score (nSPS) is 24.9. The fraction of sp³-hybridized carbons (Fsp3) is 0.636. The Kier molecular flexibility index (Phi) is 3.80. The summed E-state index contributed by atoms with van der Waals surface area (Å²) < 4.78 is 6.72. The molecule has 1 atom stereocenters. The summed E-state index contributed by atoms with van der Waals surface area (Å²) in [6, 6.07) is 0. The molecule has 3 nitrogen and oxygen atoms in total. The minimum Gasteiger partial charge on any atom is -0.368 e. The predicted molar refractivity (Wildman–Crippen MR) is 77.8 cm³/mol. The number of ether oxygens (including phenoxy) is 1. The fourth-order valence-electron chi connectivity index (χ4n) is 1.86. The van der Waals surface area contributed by atoms with Gasteiger partial charge in [0.2, 0.25) is 0 Å². The van der Waals surface area contributed by atoms with Crippen molar-refractivity contribution in [3.8, 4) is 0 Å². The molecule has 17 heavy (non-hydrogen) atoms. The second kappa shape index (κ2) is 5.19. The number of halogens is 2. The van der Waals surface area contributed by atoms with E-state index in [1.807, 2.05) is 11.8 Å². The molecule has 2 fully saturated rings. The molecule has 1 aromatic heterocycles. The lowest BCUT2D eigenvalue weighted by atomic mass is 10.2. The monoisotopic (exact) mass is 382 g/mol. The maximum Gasteiger partial charge on any atom is 0.160 e. The fourth-order valence-corrected chi connectivity index (χ4v) is 3.57. The van der Waals surface area contributed by atoms with Crippen LogP contribution in [-0.4, -0.2) is 28.1 Å². The van der Waals surface area contributed by atoms with Gasteiger partial charge in [-0.2, -0.15) is 11.8 Å². The van der Waals surface area contributed by atoms with Crippen molar-refractivity contribution in [1.82, 2.24) is 9.97 Å². The largest absolute Gasteiger partial charge is 0.368 e. The van der Waals surface area contributed by atoms with Gasteiger partial charge in [-0.25, -0.2) is 9.97 Å². The van der Waals surface area contributed by atoms with Gasteiger partial charge >= 0.3 is 0 Å². The molecule has 0 bridgehead atoms. The first-order chi connectivity index (χ1) is 8.25. The molecule has 0 amide bonds. The van der Waals surface area contributed by atoms with Gasteiger partial charge in [0.15, 0.2) is 5.82 Å². The van der Waals surface area contributed by atoms with E-state index in [1.54, 1.807) is 0 Å². The molecular formula is C11H12ClIN2OS. The number of hydrogen-bond donors (Lipinski definition) is 0. The molecule has 1 saturated carbocycles. The SMILES string of the molecule is Clc1nc(C2CSCCO2)nc(C2CC2)c1I. The van der Waals surface area contributed by atoms with Crippen LogP contribution in [0.25, 0.3) is 0 Å². The summed E-state index contributed by atoms with van der Waals surface area (Å²) in [6.07, 6.45) is 2.47. The molecule has 1 aliphatic carbocycles. The Morgan fingerprint density at radius 3 is 2.82 bits per heavy atom. The Hall–Kier alpha value is 0.410. The van der Waals surface area contributed by atoms with Gasteiger partial charge in [0.25, 0.3) is 0 Å². The molecule has 3 rings (SSSR count). The predicted octanol–water partition coefficient (Wildman–Crippen LogP) is 3.42. The summed E-state index contributed by atoms with van der Waals surface area (Å²) >= 11 is 10.3. The first kappa shape index (κ1) is 12.4. The van der Waals surface area contributed by atoms with E-state index in [4.69, 9.17) is 16.3 Å². The van der Waals surface area contributed by atoms with Crippen LogP contribution in [0.15, 0.2) is 0 Å². The molecule has 1 saturated heterocycles. The second-order valence-electron chi connectivity index (χ2n) is 4.28. The van der Waals surface area contributed by atoms with Crippen molar-refractivity contribution in [1.29, 1.82) is 0 Å². The summed E-state index contributed by atoms with van der Waals surface area (Å²) in [7, 11) is 0. The molecule has 0 radical (unpaired) electrons. The first-order valence-electron chi connectivity index (χ1n) is 5.68. The minimum atomic E-state index is 0.0146. The Balaban J connectivity index is 1.93. The van der Waals surface area contributed by atoms with Crippen LogP contribution < -0.4 is 0 Å². The van der Waals surface area contributed by atoms with Crippen LogP contribution in [0.2, 0.25) is 5.15 Å². The third-order valence-corrected chi connectivity index (χ3v) is 5.57. The lowest BCUT2D eigenvalue weighted by Gasteiger charge is -2.21. The molecule has 6 heteroatoms. The Morgan fingerprint density at radius 2 is 2.18 bits per heavy atom. The van der Waals surface area contributed by atoms with Crippen molar-refractivity contribution < 1.29 is 4.74 Å². The van der Waals surface area contributed by atoms with Crippen molar-refractivity contribution in [3.05, 3.63) is 20.2 Å². The van der Waals surface area contributed by atoms with Crippen molar-refractivity contribution in [2.45, 2.75) is 24.9 Å². The van der Waals surface area contributed by atoms with Crippen molar-refractivity contribution in [2.24, 2.45) is 0 Å². The first-order valence-corrected chi connectivity index (χ1v) is 8.29. The molecule has 0 aromatic carbocycles. The molecular weight excluding hydrogens is 371 g/mol. The van der Waals surface area contributed by atoms with Crippen molar-refractivity contribution >= 4 is 46.0 Å². The standard InChI is InChI=1S/C11H12ClIN2OS/c12-10-8(13)9(6-1-2-6)14-11(15-10)7-5-17-4-3-16-7/h6-7H,1-5H2. The summed E-state index contributed by atoms with van der Waals surface area (Å²) in [5, 5.41) is 0.580. The number of hydrogen-bond acceptors (Lipinski definition) is 4. The molecule has 1 aromatic rings. The summed E-state index contributed by atoms with van der Waals surface area (Å²) in [6.45, 7) is 0.779. The topological polar surface area (TPSA) is 35.0 Å². The maximum absolute atomic E-state index is 6.19. The van der Waals surface area contributed by atoms with Crippen LogP contribution in [0, 0.1) is 3.57 Å². The highest BCUT2D eigenvalue weighted by Crippen LogP contribution is 2.42. The van der Waals surface area contributed by atoms with Crippen LogP contribution in [0.1, 0.15) is 36.4 Å². The summed E-state index contributed by atoms with van der Waals surface area (Å²) in [4.78, 5) is 9.05. The van der Waals surface area contributed by atoms with Gasteiger partial charge in [0.05, 0.1) is 15.9 Å². The minimum absolute atomic E-state index is 0.0146. The average molecular weight is 383 g/mol. The number of rotatable bonds is 2. The molecule has 1 aliphatic heterocycles. The summed E-state index contributed by atoms with van der Waals surface area (Å²) in [5.41, 5.74) is 1.12. The molecule has 2 aliphatic rings.